The van der Waals surface area contributed by atoms with Crippen LogP contribution in [0.2, 0.25) is 0 Å². The smallest absolute Gasteiger partial charge is 0.125 e. The predicted molar refractivity (Wildman–Crippen MR) is 54.1 cm³/mol. The third kappa shape index (κ3) is 1.56. The lowest BCUT2D eigenvalue weighted by atomic mass is 10.2. The molecule has 2 rings (SSSR count). The van der Waals surface area contributed by atoms with Gasteiger partial charge in [-0.05, 0) is 46.6 Å². The highest BCUT2D eigenvalue weighted by atomic mass is 79.9. The third-order valence-corrected chi connectivity index (χ3v) is 2.71. The minimum atomic E-state index is -0.254. The van der Waals surface area contributed by atoms with Crippen molar-refractivity contribution in [3.8, 4) is 0 Å². The molecule has 0 bridgehead atoms. The fraction of sp³-hybridized carbons (Fsp3) is 0.100. The molecule has 0 unspecified atom stereocenters. The first-order valence-electron chi connectivity index (χ1n) is 3.89. The minimum Gasteiger partial charge on any atom is -0.241 e. The number of rotatable bonds is 0. The zero-order chi connectivity index (χ0) is 9.42. The molecule has 0 aliphatic carbocycles. The van der Waals surface area contributed by atoms with Crippen LogP contribution in [0.4, 0.5) is 4.39 Å². The van der Waals surface area contributed by atoms with Crippen molar-refractivity contribution >= 4 is 26.8 Å². The first kappa shape index (κ1) is 8.63. The van der Waals surface area contributed by atoms with Crippen molar-refractivity contribution in [2.75, 3.05) is 0 Å². The van der Waals surface area contributed by atoms with Gasteiger partial charge in [-0.3, -0.25) is 0 Å². The van der Waals surface area contributed by atoms with Crippen molar-refractivity contribution in [1.29, 1.82) is 0 Å². The van der Waals surface area contributed by atoms with Crippen LogP contribution in [0.25, 0.3) is 10.9 Å². The highest BCUT2D eigenvalue weighted by molar-refractivity contribution is 9.10. The molecular weight excluding hydrogens is 233 g/mol. The van der Waals surface area contributed by atoms with E-state index in [0.29, 0.717) is 5.52 Å². The van der Waals surface area contributed by atoms with E-state index in [-0.39, 0.29) is 5.82 Å². The lowest BCUT2D eigenvalue weighted by Crippen LogP contribution is -1.85. The third-order valence-electron chi connectivity index (χ3n) is 1.91. The number of fused-ring (bicyclic) bond motifs is 1. The van der Waals surface area contributed by atoms with Crippen molar-refractivity contribution < 1.29 is 4.39 Å². The molecule has 0 fully saturated rings. The molecule has 13 heavy (non-hydrogen) atoms. The quantitative estimate of drug-likeness (QED) is 0.642. The van der Waals surface area contributed by atoms with Crippen molar-refractivity contribution in [1.82, 2.24) is 4.98 Å². The Hall–Kier alpha value is -0.960. The SMILES string of the molecule is Cc1cc2ccc(F)cc2nc1Br. The molecule has 1 aromatic carbocycles. The molecule has 0 aliphatic heterocycles. The predicted octanol–water partition coefficient (Wildman–Crippen LogP) is 3.44. The molecule has 3 heteroatoms. The Morgan fingerprint density at radius 2 is 2.08 bits per heavy atom. The van der Waals surface area contributed by atoms with Gasteiger partial charge in [0.2, 0.25) is 0 Å². The summed E-state index contributed by atoms with van der Waals surface area (Å²) in [5, 5.41) is 0.960. The molecule has 0 N–H and O–H groups in total. The number of halogens is 2. The Morgan fingerprint density at radius 3 is 2.85 bits per heavy atom. The van der Waals surface area contributed by atoms with Crippen LogP contribution in [0.1, 0.15) is 5.56 Å². The summed E-state index contributed by atoms with van der Waals surface area (Å²) in [6, 6.07) is 6.58. The summed E-state index contributed by atoms with van der Waals surface area (Å²) < 4.78 is 13.6. The summed E-state index contributed by atoms with van der Waals surface area (Å²) in [6.07, 6.45) is 0. The molecule has 0 saturated carbocycles. The van der Waals surface area contributed by atoms with E-state index in [9.17, 15) is 4.39 Å². The monoisotopic (exact) mass is 239 g/mol. The normalized spacial score (nSPS) is 10.7. The zero-order valence-electron chi connectivity index (χ0n) is 7.01. The van der Waals surface area contributed by atoms with Crippen molar-refractivity contribution in [3.05, 3.63) is 40.2 Å². The van der Waals surface area contributed by atoms with Crippen molar-refractivity contribution in [3.63, 3.8) is 0 Å². The van der Waals surface area contributed by atoms with Gasteiger partial charge < -0.3 is 0 Å². The van der Waals surface area contributed by atoms with E-state index in [1.807, 2.05) is 13.0 Å². The summed E-state index contributed by atoms with van der Waals surface area (Å²) in [6.45, 7) is 1.96. The molecule has 2 aromatic rings. The van der Waals surface area contributed by atoms with E-state index in [0.717, 1.165) is 15.6 Å². The van der Waals surface area contributed by atoms with E-state index >= 15 is 0 Å². The molecule has 66 valence electrons. The molecule has 0 amide bonds. The Labute approximate surface area is 83.7 Å². The molecular formula is C10H7BrFN. The van der Waals surface area contributed by atoms with E-state index in [1.165, 1.54) is 12.1 Å². The van der Waals surface area contributed by atoms with Crippen molar-refractivity contribution in [2.45, 2.75) is 6.92 Å². The van der Waals surface area contributed by atoms with Gasteiger partial charge in [0.25, 0.3) is 0 Å². The van der Waals surface area contributed by atoms with Crippen LogP contribution in [0.3, 0.4) is 0 Å². The first-order chi connectivity index (χ1) is 6.16. The van der Waals surface area contributed by atoms with Crippen LogP contribution in [0.15, 0.2) is 28.9 Å². The van der Waals surface area contributed by atoms with Gasteiger partial charge in [0, 0.05) is 11.5 Å². The highest BCUT2D eigenvalue weighted by Gasteiger charge is 2.01. The molecule has 0 atom stereocenters. The molecule has 0 saturated heterocycles. The number of aryl methyl sites for hydroxylation is 1. The summed E-state index contributed by atoms with van der Waals surface area (Å²) in [4.78, 5) is 4.21. The topological polar surface area (TPSA) is 12.9 Å². The molecule has 1 heterocycles. The van der Waals surface area contributed by atoms with Gasteiger partial charge in [0.15, 0.2) is 0 Å². The maximum atomic E-state index is 12.8. The van der Waals surface area contributed by atoms with Crippen LogP contribution in [0.5, 0.6) is 0 Å². The van der Waals surface area contributed by atoms with Gasteiger partial charge in [0.05, 0.1) is 5.52 Å². The molecule has 0 spiro atoms. The second-order valence-electron chi connectivity index (χ2n) is 2.93. The van der Waals surface area contributed by atoms with Gasteiger partial charge in [-0.25, -0.2) is 9.37 Å². The average molecular weight is 240 g/mol. The lowest BCUT2D eigenvalue weighted by molar-refractivity contribution is 0.629. The Morgan fingerprint density at radius 1 is 1.31 bits per heavy atom. The Balaban J connectivity index is 2.81. The number of hydrogen-bond acceptors (Lipinski definition) is 1. The maximum Gasteiger partial charge on any atom is 0.125 e. The van der Waals surface area contributed by atoms with Crippen molar-refractivity contribution in [2.24, 2.45) is 0 Å². The maximum absolute atomic E-state index is 12.8. The number of benzene rings is 1. The first-order valence-corrected chi connectivity index (χ1v) is 4.68. The van der Waals surface area contributed by atoms with Gasteiger partial charge in [0.1, 0.15) is 10.4 Å². The van der Waals surface area contributed by atoms with Crippen LogP contribution in [-0.4, -0.2) is 4.98 Å². The lowest BCUT2D eigenvalue weighted by Gasteiger charge is -2.01. The fourth-order valence-electron chi connectivity index (χ4n) is 1.22. The highest BCUT2D eigenvalue weighted by Crippen LogP contribution is 2.20. The number of nitrogens with zero attached hydrogens (tertiary/aromatic N) is 1. The number of hydrogen-bond donors (Lipinski definition) is 0. The molecule has 1 nitrogen and oxygen atoms in total. The molecule has 1 aromatic heterocycles. The number of pyridine rings is 1. The average Bonchev–Trinajstić information content (AvgIpc) is 2.08. The molecule has 0 radical (unpaired) electrons. The summed E-state index contributed by atoms with van der Waals surface area (Å²) in [5.74, 6) is -0.254. The van der Waals surface area contributed by atoms with E-state index in [2.05, 4.69) is 20.9 Å². The second kappa shape index (κ2) is 3.07. The van der Waals surface area contributed by atoms with Crippen LogP contribution in [-0.2, 0) is 0 Å². The van der Waals surface area contributed by atoms with Gasteiger partial charge in [-0.1, -0.05) is 0 Å². The second-order valence-corrected chi connectivity index (χ2v) is 3.68. The minimum absolute atomic E-state index is 0.254. The van der Waals surface area contributed by atoms with Crippen LogP contribution < -0.4 is 0 Å². The van der Waals surface area contributed by atoms with Gasteiger partial charge in [-0.15, -0.1) is 0 Å². The zero-order valence-corrected chi connectivity index (χ0v) is 8.60. The summed E-state index contributed by atoms with van der Waals surface area (Å²) in [7, 11) is 0. The van der Waals surface area contributed by atoms with Crippen LogP contribution in [0, 0.1) is 12.7 Å². The largest absolute Gasteiger partial charge is 0.241 e. The summed E-state index contributed by atoms with van der Waals surface area (Å²) in [5.41, 5.74) is 1.73. The fourth-order valence-corrected chi connectivity index (χ4v) is 1.53. The van der Waals surface area contributed by atoms with E-state index < -0.39 is 0 Å². The standard InChI is InChI=1S/C10H7BrFN/c1-6-4-7-2-3-8(12)5-9(7)13-10(6)11/h2-5H,1H3. The van der Waals surface area contributed by atoms with E-state index in [1.54, 1.807) is 6.07 Å². The Bertz CT molecular complexity index is 468. The number of aromatic nitrogens is 1. The summed E-state index contributed by atoms with van der Waals surface area (Å²) >= 11 is 3.31. The van der Waals surface area contributed by atoms with E-state index in [4.69, 9.17) is 0 Å². The van der Waals surface area contributed by atoms with Gasteiger partial charge in [-0.2, -0.15) is 0 Å². The Kier molecular flexibility index (Phi) is 2.04. The molecule has 0 aliphatic rings. The van der Waals surface area contributed by atoms with Gasteiger partial charge >= 0.3 is 0 Å². The van der Waals surface area contributed by atoms with Crippen LogP contribution >= 0.6 is 15.9 Å².